The molecule has 1 heterocycles. The topological polar surface area (TPSA) is 97.4 Å². The van der Waals surface area contributed by atoms with E-state index in [2.05, 4.69) is 5.32 Å². The van der Waals surface area contributed by atoms with Crippen LogP contribution in [0.5, 0.6) is 5.75 Å². The largest absolute Gasteiger partial charge is 0.497 e. The quantitative estimate of drug-likeness (QED) is 0.549. The van der Waals surface area contributed by atoms with Crippen LogP contribution < -0.4 is 10.1 Å². The minimum atomic E-state index is -1.20. The number of imide groups is 1. The summed E-state index contributed by atoms with van der Waals surface area (Å²) in [6, 6.07) is 6.37. The second kappa shape index (κ2) is 10.2. The Kier molecular flexibility index (Phi) is 7.98. The monoisotopic (exact) mass is 407 g/mol. The van der Waals surface area contributed by atoms with Crippen LogP contribution >= 0.6 is 0 Å². The van der Waals surface area contributed by atoms with Crippen molar-refractivity contribution in [3.8, 4) is 5.75 Å². The van der Waals surface area contributed by atoms with Gasteiger partial charge in [0, 0.05) is 27.3 Å². The van der Waals surface area contributed by atoms with Crippen molar-refractivity contribution in [3.63, 3.8) is 0 Å². The fraction of sp³-hybridized carbons (Fsp3) is 0.550. The van der Waals surface area contributed by atoms with Crippen LogP contribution in [0.3, 0.4) is 0 Å². The lowest BCUT2D eigenvalue weighted by atomic mass is 9.87. The van der Waals surface area contributed by atoms with Crippen molar-refractivity contribution in [2.45, 2.75) is 18.9 Å². The summed E-state index contributed by atoms with van der Waals surface area (Å²) >= 11 is 0. The van der Waals surface area contributed by atoms with E-state index in [9.17, 15) is 14.4 Å². The van der Waals surface area contributed by atoms with Crippen molar-refractivity contribution in [1.82, 2.24) is 15.1 Å². The van der Waals surface area contributed by atoms with E-state index >= 15 is 0 Å². The Hall–Kier alpha value is -2.65. The van der Waals surface area contributed by atoms with Crippen LogP contribution in [-0.2, 0) is 24.6 Å². The molecule has 1 fully saturated rings. The molecule has 9 heteroatoms. The van der Waals surface area contributed by atoms with Crippen molar-refractivity contribution in [2.75, 3.05) is 54.2 Å². The highest BCUT2D eigenvalue weighted by molar-refractivity contribution is 6.09. The van der Waals surface area contributed by atoms with Crippen LogP contribution in [0.2, 0.25) is 0 Å². The third-order valence-corrected chi connectivity index (χ3v) is 5.07. The summed E-state index contributed by atoms with van der Waals surface area (Å²) < 4.78 is 15.2. The number of carbonyl (C=O) groups is 3. The van der Waals surface area contributed by atoms with Crippen molar-refractivity contribution in [1.29, 1.82) is 0 Å². The van der Waals surface area contributed by atoms with Crippen LogP contribution in [0.25, 0.3) is 0 Å². The van der Waals surface area contributed by atoms with Crippen LogP contribution in [0.1, 0.15) is 18.9 Å². The third kappa shape index (κ3) is 4.86. The van der Waals surface area contributed by atoms with Gasteiger partial charge in [-0.15, -0.1) is 0 Å². The first kappa shape index (κ1) is 22.6. The number of nitrogens with zero attached hydrogens (tertiary/aromatic N) is 2. The average Bonchev–Trinajstić information content (AvgIpc) is 2.99. The minimum Gasteiger partial charge on any atom is -0.497 e. The zero-order valence-electron chi connectivity index (χ0n) is 17.4. The highest BCUT2D eigenvalue weighted by atomic mass is 16.5. The second-order valence-electron chi connectivity index (χ2n) is 6.68. The summed E-state index contributed by atoms with van der Waals surface area (Å²) in [5.41, 5.74) is -0.558. The number of methoxy groups -OCH3 is 3. The number of ether oxygens (including phenoxy) is 3. The maximum atomic E-state index is 13.2. The van der Waals surface area contributed by atoms with Gasteiger partial charge in [-0.2, -0.15) is 0 Å². The molecular weight excluding hydrogens is 378 g/mol. The van der Waals surface area contributed by atoms with E-state index in [1.54, 1.807) is 45.6 Å². The number of urea groups is 1. The molecule has 1 atom stereocenters. The van der Waals surface area contributed by atoms with E-state index in [0.717, 1.165) is 4.90 Å². The molecule has 1 aliphatic heterocycles. The molecule has 160 valence electrons. The fourth-order valence-corrected chi connectivity index (χ4v) is 3.28. The third-order valence-electron chi connectivity index (χ3n) is 5.07. The molecule has 1 aromatic rings. The standard InChI is InChI=1S/C20H29N3O6/c1-5-20(15-6-8-16(29-4)9-7-15)18(25)23(19(26)21-20)14-17(24)22(10-12-27-2)11-13-28-3/h6-9H,5,10-14H2,1-4H3,(H,21,26)/t20-/m0/s1. The van der Waals surface area contributed by atoms with Gasteiger partial charge in [-0.25, -0.2) is 4.79 Å². The predicted molar refractivity (Wildman–Crippen MR) is 106 cm³/mol. The lowest BCUT2D eigenvalue weighted by Crippen LogP contribution is -2.46. The molecule has 0 radical (unpaired) electrons. The number of amides is 4. The van der Waals surface area contributed by atoms with Gasteiger partial charge in [-0.3, -0.25) is 14.5 Å². The second-order valence-corrected chi connectivity index (χ2v) is 6.68. The Bertz CT molecular complexity index is 715. The molecule has 0 aromatic heterocycles. The van der Waals surface area contributed by atoms with Crippen LogP contribution in [0.4, 0.5) is 4.79 Å². The Morgan fingerprint density at radius 2 is 1.66 bits per heavy atom. The lowest BCUT2D eigenvalue weighted by molar-refractivity contribution is -0.140. The molecule has 0 aliphatic carbocycles. The van der Waals surface area contributed by atoms with Crippen LogP contribution in [0.15, 0.2) is 24.3 Å². The van der Waals surface area contributed by atoms with Gasteiger partial charge in [0.25, 0.3) is 5.91 Å². The van der Waals surface area contributed by atoms with Gasteiger partial charge in [0.05, 0.1) is 20.3 Å². The fourth-order valence-electron chi connectivity index (χ4n) is 3.28. The van der Waals surface area contributed by atoms with E-state index in [1.807, 2.05) is 6.92 Å². The molecule has 0 spiro atoms. The number of hydrogen-bond acceptors (Lipinski definition) is 6. The van der Waals surface area contributed by atoms with Crippen molar-refractivity contribution >= 4 is 17.8 Å². The van der Waals surface area contributed by atoms with E-state index in [-0.39, 0.29) is 12.5 Å². The Balaban J connectivity index is 2.20. The Morgan fingerprint density at radius 1 is 1.07 bits per heavy atom. The summed E-state index contributed by atoms with van der Waals surface area (Å²) in [5.74, 6) is -0.137. The van der Waals surface area contributed by atoms with Crippen molar-refractivity contribution < 1.29 is 28.6 Å². The molecule has 0 saturated carbocycles. The molecule has 9 nitrogen and oxygen atoms in total. The highest BCUT2D eigenvalue weighted by Crippen LogP contribution is 2.33. The molecular formula is C20H29N3O6. The first-order chi connectivity index (χ1) is 13.9. The number of nitrogens with one attached hydrogen (secondary N) is 1. The van der Waals surface area contributed by atoms with Gasteiger partial charge in [-0.1, -0.05) is 19.1 Å². The maximum Gasteiger partial charge on any atom is 0.325 e. The number of rotatable bonds is 11. The Morgan fingerprint density at radius 3 is 2.14 bits per heavy atom. The molecule has 0 unspecified atom stereocenters. The summed E-state index contributed by atoms with van der Waals surface area (Å²) in [7, 11) is 4.64. The summed E-state index contributed by atoms with van der Waals surface area (Å²) in [6.45, 7) is 2.87. The highest BCUT2D eigenvalue weighted by Gasteiger charge is 2.51. The predicted octanol–water partition coefficient (Wildman–Crippen LogP) is 0.974. The molecule has 1 aliphatic rings. The van der Waals surface area contributed by atoms with Crippen molar-refractivity contribution in [3.05, 3.63) is 29.8 Å². The van der Waals surface area contributed by atoms with E-state index in [0.29, 0.717) is 44.0 Å². The van der Waals surface area contributed by atoms with Gasteiger partial charge in [0.1, 0.15) is 17.8 Å². The normalized spacial score (nSPS) is 18.7. The molecule has 1 N–H and O–H groups in total. The SMILES string of the molecule is CC[C@@]1(c2ccc(OC)cc2)NC(=O)N(CC(=O)N(CCOC)CCOC)C1=O. The van der Waals surface area contributed by atoms with Gasteiger partial charge < -0.3 is 24.4 Å². The van der Waals surface area contributed by atoms with E-state index < -0.39 is 17.5 Å². The molecule has 29 heavy (non-hydrogen) atoms. The first-order valence-electron chi connectivity index (χ1n) is 9.47. The van der Waals surface area contributed by atoms with Gasteiger partial charge in [0.2, 0.25) is 5.91 Å². The Labute approximate surface area is 170 Å². The molecule has 4 amide bonds. The summed E-state index contributed by atoms with van der Waals surface area (Å²) in [5, 5.41) is 2.78. The number of hydrogen-bond donors (Lipinski definition) is 1. The average molecular weight is 407 g/mol. The lowest BCUT2D eigenvalue weighted by Gasteiger charge is -2.27. The van der Waals surface area contributed by atoms with Crippen LogP contribution in [-0.4, -0.2) is 81.8 Å². The number of benzene rings is 1. The zero-order valence-corrected chi connectivity index (χ0v) is 17.4. The zero-order chi connectivity index (χ0) is 21.4. The van der Waals surface area contributed by atoms with E-state index in [1.165, 1.54) is 4.90 Å². The minimum absolute atomic E-state index is 0.337. The molecule has 1 saturated heterocycles. The summed E-state index contributed by atoms with van der Waals surface area (Å²) in [4.78, 5) is 41.0. The number of carbonyl (C=O) groups excluding carboxylic acids is 3. The van der Waals surface area contributed by atoms with Gasteiger partial charge >= 0.3 is 6.03 Å². The summed E-state index contributed by atoms with van der Waals surface area (Å²) in [6.07, 6.45) is 0.353. The van der Waals surface area contributed by atoms with Gasteiger partial charge in [0.15, 0.2) is 0 Å². The first-order valence-corrected chi connectivity index (χ1v) is 9.47. The smallest absolute Gasteiger partial charge is 0.325 e. The molecule has 1 aromatic carbocycles. The molecule has 0 bridgehead atoms. The van der Waals surface area contributed by atoms with E-state index in [4.69, 9.17) is 14.2 Å². The van der Waals surface area contributed by atoms with Gasteiger partial charge in [-0.05, 0) is 24.1 Å². The van der Waals surface area contributed by atoms with Crippen molar-refractivity contribution in [2.24, 2.45) is 0 Å². The maximum absolute atomic E-state index is 13.2. The van der Waals surface area contributed by atoms with Crippen LogP contribution in [0, 0.1) is 0 Å². The molecule has 2 rings (SSSR count).